The van der Waals surface area contributed by atoms with E-state index in [0.717, 1.165) is 19.3 Å². The van der Waals surface area contributed by atoms with Crippen LogP contribution in [0.2, 0.25) is 10.0 Å². The van der Waals surface area contributed by atoms with Gasteiger partial charge in [-0.05, 0) is 31.0 Å². The minimum atomic E-state index is -0.332. The zero-order valence-electron chi connectivity index (χ0n) is 12.6. The maximum Gasteiger partial charge on any atom is 0.246 e. The standard InChI is InChI=1S/C15H15Cl2N5O2/c16-10-4-5-11(17)12(6-10)18-14(23)8-22-7-13(20-21-22)19-15(24)9-2-1-3-9/h4-7,9H,1-3,8H2,(H,18,23)(H,19,24). The number of benzene rings is 1. The lowest BCUT2D eigenvalue weighted by Crippen LogP contribution is -2.28. The van der Waals surface area contributed by atoms with Crippen molar-refractivity contribution in [3.8, 4) is 0 Å². The van der Waals surface area contributed by atoms with E-state index < -0.39 is 0 Å². The van der Waals surface area contributed by atoms with E-state index in [0.29, 0.717) is 21.6 Å². The lowest BCUT2D eigenvalue weighted by atomic mass is 9.85. The van der Waals surface area contributed by atoms with Crippen LogP contribution in [0.4, 0.5) is 11.5 Å². The molecule has 1 aromatic carbocycles. The highest BCUT2D eigenvalue weighted by atomic mass is 35.5. The molecular formula is C15H15Cl2N5O2. The molecule has 126 valence electrons. The lowest BCUT2D eigenvalue weighted by Gasteiger charge is -2.23. The Bertz CT molecular complexity index is 773. The number of aromatic nitrogens is 3. The SMILES string of the molecule is O=C(Cn1cc(NC(=O)C2CCC2)nn1)Nc1cc(Cl)ccc1Cl. The molecule has 0 spiro atoms. The molecule has 1 aromatic heterocycles. The fourth-order valence-corrected chi connectivity index (χ4v) is 2.60. The Morgan fingerprint density at radius 2 is 2.04 bits per heavy atom. The van der Waals surface area contributed by atoms with E-state index in [-0.39, 0.29) is 24.3 Å². The number of carbonyl (C=O) groups is 2. The zero-order valence-corrected chi connectivity index (χ0v) is 14.1. The molecule has 0 saturated heterocycles. The molecule has 3 rings (SSSR count). The number of halogens is 2. The van der Waals surface area contributed by atoms with Crippen LogP contribution in [-0.4, -0.2) is 26.8 Å². The number of anilines is 2. The highest BCUT2D eigenvalue weighted by molar-refractivity contribution is 6.35. The summed E-state index contributed by atoms with van der Waals surface area (Å²) in [6.07, 6.45) is 4.40. The Balaban J connectivity index is 1.56. The number of nitrogens with zero attached hydrogens (tertiary/aromatic N) is 3. The number of amides is 2. The van der Waals surface area contributed by atoms with Gasteiger partial charge >= 0.3 is 0 Å². The van der Waals surface area contributed by atoms with Crippen molar-refractivity contribution in [2.75, 3.05) is 10.6 Å². The normalized spacial score (nSPS) is 14.1. The molecule has 2 aromatic rings. The van der Waals surface area contributed by atoms with Crippen molar-refractivity contribution >= 4 is 46.5 Å². The summed E-state index contributed by atoms with van der Waals surface area (Å²) in [5, 5.41) is 13.9. The fourth-order valence-electron chi connectivity index (χ4n) is 2.26. The zero-order chi connectivity index (χ0) is 17.1. The summed E-state index contributed by atoms with van der Waals surface area (Å²) in [4.78, 5) is 23.9. The summed E-state index contributed by atoms with van der Waals surface area (Å²) >= 11 is 11.9. The van der Waals surface area contributed by atoms with Crippen LogP contribution >= 0.6 is 23.2 Å². The Morgan fingerprint density at radius 3 is 2.75 bits per heavy atom. The molecule has 7 nitrogen and oxygen atoms in total. The first-order valence-electron chi connectivity index (χ1n) is 7.47. The maximum absolute atomic E-state index is 12.1. The fraction of sp³-hybridized carbons (Fsp3) is 0.333. The van der Waals surface area contributed by atoms with Gasteiger partial charge in [0.1, 0.15) is 6.54 Å². The third-order valence-corrected chi connectivity index (χ3v) is 4.34. The molecule has 1 aliphatic rings. The van der Waals surface area contributed by atoms with E-state index in [9.17, 15) is 9.59 Å². The predicted molar refractivity (Wildman–Crippen MR) is 91.1 cm³/mol. The smallest absolute Gasteiger partial charge is 0.246 e. The second-order valence-corrected chi connectivity index (χ2v) is 6.43. The highest BCUT2D eigenvalue weighted by Crippen LogP contribution is 2.27. The first kappa shape index (κ1) is 16.7. The third-order valence-electron chi connectivity index (χ3n) is 3.77. The van der Waals surface area contributed by atoms with Crippen LogP contribution in [0.25, 0.3) is 0 Å². The van der Waals surface area contributed by atoms with Gasteiger partial charge in [0.2, 0.25) is 11.8 Å². The van der Waals surface area contributed by atoms with Crippen LogP contribution in [0, 0.1) is 5.92 Å². The summed E-state index contributed by atoms with van der Waals surface area (Å²) in [7, 11) is 0. The van der Waals surface area contributed by atoms with E-state index in [1.807, 2.05) is 0 Å². The van der Waals surface area contributed by atoms with Crippen LogP contribution in [0.1, 0.15) is 19.3 Å². The molecular weight excluding hydrogens is 353 g/mol. The number of rotatable bonds is 5. The number of carbonyl (C=O) groups excluding carboxylic acids is 2. The van der Waals surface area contributed by atoms with E-state index in [4.69, 9.17) is 23.2 Å². The highest BCUT2D eigenvalue weighted by Gasteiger charge is 2.25. The van der Waals surface area contributed by atoms with Crippen molar-refractivity contribution in [3.05, 3.63) is 34.4 Å². The van der Waals surface area contributed by atoms with Crippen LogP contribution in [0.3, 0.4) is 0 Å². The first-order valence-corrected chi connectivity index (χ1v) is 8.23. The number of hydrogen-bond donors (Lipinski definition) is 2. The van der Waals surface area contributed by atoms with Gasteiger partial charge in [0.25, 0.3) is 0 Å². The molecule has 1 heterocycles. The van der Waals surface area contributed by atoms with Crippen LogP contribution < -0.4 is 10.6 Å². The molecule has 1 fully saturated rings. The molecule has 9 heteroatoms. The van der Waals surface area contributed by atoms with Gasteiger partial charge in [0, 0.05) is 10.9 Å². The van der Waals surface area contributed by atoms with Gasteiger partial charge in [-0.2, -0.15) is 0 Å². The van der Waals surface area contributed by atoms with Crippen molar-refractivity contribution in [1.82, 2.24) is 15.0 Å². The van der Waals surface area contributed by atoms with E-state index in [1.165, 1.54) is 10.9 Å². The van der Waals surface area contributed by atoms with Crippen molar-refractivity contribution in [2.24, 2.45) is 5.92 Å². The summed E-state index contributed by atoms with van der Waals surface area (Å²) < 4.78 is 1.34. The first-order chi connectivity index (χ1) is 11.5. The topological polar surface area (TPSA) is 88.9 Å². The largest absolute Gasteiger partial charge is 0.323 e. The van der Waals surface area contributed by atoms with Gasteiger partial charge in [-0.25, -0.2) is 4.68 Å². The van der Waals surface area contributed by atoms with Gasteiger partial charge in [-0.15, -0.1) is 5.10 Å². The lowest BCUT2D eigenvalue weighted by molar-refractivity contribution is -0.122. The molecule has 0 aliphatic heterocycles. The van der Waals surface area contributed by atoms with Crippen molar-refractivity contribution in [1.29, 1.82) is 0 Å². The maximum atomic E-state index is 12.1. The van der Waals surface area contributed by atoms with Gasteiger partial charge < -0.3 is 10.6 Å². The average Bonchev–Trinajstić information content (AvgIpc) is 2.87. The van der Waals surface area contributed by atoms with E-state index in [1.54, 1.807) is 18.2 Å². The van der Waals surface area contributed by atoms with Gasteiger partial charge in [-0.3, -0.25) is 9.59 Å². The second kappa shape index (κ2) is 7.19. The second-order valence-electron chi connectivity index (χ2n) is 5.59. The molecule has 0 radical (unpaired) electrons. The molecule has 2 amide bonds. The molecule has 2 N–H and O–H groups in total. The number of hydrogen-bond acceptors (Lipinski definition) is 4. The molecule has 0 atom stereocenters. The van der Waals surface area contributed by atoms with Gasteiger partial charge in [0.05, 0.1) is 16.9 Å². The minimum Gasteiger partial charge on any atom is -0.323 e. The predicted octanol–water partition coefficient (Wildman–Crippen LogP) is 2.96. The molecule has 1 saturated carbocycles. The van der Waals surface area contributed by atoms with Crippen molar-refractivity contribution in [3.63, 3.8) is 0 Å². The number of nitrogens with one attached hydrogen (secondary N) is 2. The van der Waals surface area contributed by atoms with Crippen LogP contribution in [0.15, 0.2) is 24.4 Å². The van der Waals surface area contributed by atoms with Gasteiger partial charge in [-0.1, -0.05) is 34.8 Å². The Labute approximate surface area is 148 Å². The Hall–Kier alpha value is -2.12. The van der Waals surface area contributed by atoms with Gasteiger partial charge in [0.15, 0.2) is 5.82 Å². The Morgan fingerprint density at radius 1 is 1.25 bits per heavy atom. The summed E-state index contributed by atoms with van der Waals surface area (Å²) in [6, 6.07) is 4.80. The van der Waals surface area contributed by atoms with Crippen LogP contribution in [-0.2, 0) is 16.1 Å². The minimum absolute atomic E-state index is 0.0524. The summed E-state index contributed by atoms with van der Waals surface area (Å²) in [5.41, 5.74) is 0.424. The van der Waals surface area contributed by atoms with Crippen LogP contribution in [0.5, 0.6) is 0 Å². The van der Waals surface area contributed by atoms with E-state index in [2.05, 4.69) is 20.9 Å². The van der Waals surface area contributed by atoms with Crippen molar-refractivity contribution in [2.45, 2.75) is 25.8 Å². The summed E-state index contributed by atoms with van der Waals surface area (Å²) in [6.45, 7) is -0.0604. The summed E-state index contributed by atoms with van der Waals surface area (Å²) in [5.74, 6) is 0.00769. The molecule has 1 aliphatic carbocycles. The monoisotopic (exact) mass is 367 g/mol. The molecule has 0 unspecified atom stereocenters. The molecule has 0 bridgehead atoms. The van der Waals surface area contributed by atoms with Crippen molar-refractivity contribution < 1.29 is 9.59 Å². The Kier molecular flexibility index (Phi) is 5.01. The third kappa shape index (κ3) is 4.04. The quantitative estimate of drug-likeness (QED) is 0.849. The molecule has 24 heavy (non-hydrogen) atoms. The average molecular weight is 368 g/mol. The van der Waals surface area contributed by atoms with E-state index >= 15 is 0 Å².